The fourth-order valence-electron chi connectivity index (χ4n) is 2.70. The summed E-state index contributed by atoms with van der Waals surface area (Å²) in [5.74, 6) is 0.160. The Bertz CT molecular complexity index is 245. The number of hydrogen-bond acceptors (Lipinski definition) is 2. The molecule has 1 saturated heterocycles. The van der Waals surface area contributed by atoms with Gasteiger partial charge in [-0.3, -0.25) is 4.79 Å². The van der Waals surface area contributed by atoms with Crippen LogP contribution in [0.2, 0.25) is 0 Å². The molecule has 0 aromatic heterocycles. The molecule has 1 heterocycles. The van der Waals surface area contributed by atoms with E-state index in [0.29, 0.717) is 6.42 Å². The number of carbonyl (C=O) groups excluding carboxylic acids is 1. The zero-order chi connectivity index (χ0) is 11.4. The van der Waals surface area contributed by atoms with Gasteiger partial charge < -0.3 is 10.1 Å². The molecule has 0 aromatic rings. The molecule has 1 N–H and O–H groups in total. The maximum Gasteiger partial charge on any atom is 0.223 e. The molecule has 0 spiro atoms. The highest BCUT2D eigenvalue weighted by molar-refractivity contribution is 9.09. The first-order valence-electron chi connectivity index (χ1n) is 6.23. The van der Waals surface area contributed by atoms with Crippen LogP contribution in [0.1, 0.15) is 44.9 Å². The molecule has 2 aliphatic rings. The van der Waals surface area contributed by atoms with Crippen molar-refractivity contribution >= 4 is 21.8 Å². The highest BCUT2D eigenvalue weighted by Crippen LogP contribution is 2.31. The predicted molar refractivity (Wildman–Crippen MR) is 66.7 cm³/mol. The maximum atomic E-state index is 11.9. The number of alkyl halides is 1. The summed E-state index contributed by atoms with van der Waals surface area (Å²) in [6, 6.07) is 0. The number of hydrogen-bond donors (Lipinski definition) is 1. The Kier molecular flexibility index (Phi) is 4.25. The summed E-state index contributed by atoms with van der Waals surface area (Å²) in [5.41, 5.74) is 0.0235. The van der Waals surface area contributed by atoms with Crippen LogP contribution in [0.3, 0.4) is 0 Å². The summed E-state index contributed by atoms with van der Waals surface area (Å²) in [6.45, 7) is 0.821. The van der Waals surface area contributed by atoms with E-state index < -0.39 is 0 Å². The third-order valence-corrected chi connectivity index (χ3v) is 4.73. The maximum absolute atomic E-state index is 11.9. The molecular weight excluding hydrogens is 270 g/mol. The lowest BCUT2D eigenvalue weighted by Gasteiger charge is -2.28. The molecule has 4 heteroatoms. The van der Waals surface area contributed by atoms with Gasteiger partial charge in [-0.2, -0.15) is 0 Å². The number of halogens is 1. The summed E-state index contributed by atoms with van der Waals surface area (Å²) in [7, 11) is 0. The standard InChI is InChI=1S/C12H20BrNO2/c13-9-12(5-1-2-6-12)14-11(15)8-10-4-3-7-16-10/h10H,1-9H2,(H,14,15). The first-order chi connectivity index (χ1) is 7.74. The normalized spacial score (nSPS) is 28.2. The lowest BCUT2D eigenvalue weighted by Crippen LogP contribution is -2.48. The zero-order valence-electron chi connectivity index (χ0n) is 9.64. The van der Waals surface area contributed by atoms with Gasteiger partial charge in [0.1, 0.15) is 0 Å². The van der Waals surface area contributed by atoms with E-state index in [1.54, 1.807) is 0 Å². The Balaban J connectivity index is 1.80. The Morgan fingerprint density at radius 2 is 2.12 bits per heavy atom. The van der Waals surface area contributed by atoms with Gasteiger partial charge in [0.2, 0.25) is 5.91 Å². The Morgan fingerprint density at radius 3 is 2.69 bits per heavy atom. The summed E-state index contributed by atoms with van der Waals surface area (Å²) < 4.78 is 5.48. The van der Waals surface area contributed by atoms with Gasteiger partial charge in [0.15, 0.2) is 0 Å². The number of rotatable bonds is 4. The summed E-state index contributed by atoms with van der Waals surface area (Å²) in [4.78, 5) is 11.9. The molecular formula is C12H20BrNO2. The minimum absolute atomic E-state index is 0.0235. The van der Waals surface area contributed by atoms with Crippen molar-refractivity contribution < 1.29 is 9.53 Å². The van der Waals surface area contributed by atoms with E-state index in [1.807, 2.05) is 0 Å². The van der Waals surface area contributed by atoms with E-state index in [2.05, 4.69) is 21.2 Å². The number of carbonyl (C=O) groups is 1. The molecule has 1 amide bonds. The van der Waals surface area contributed by atoms with Gasteiger partial charge in [-0.1, -0.05) is 28.8 Å². The molecule has 0 aromatic carbocycles. The topological polar surface area (TPSA) is 38.3 Å². The molecule has 0 bridgehead atoms. The molecule has 1 atom stereocenters. The minimum atomic E-state index is 0.0235. The predicted octanol–water partition coefficient (Wildman–Crippen LogP) is 2.38. The van der Waals surface area contributed by atoms with Gasteiger partial charge in [-0.15, -0.1) is 0 Å². The highest BCUT2D eigenvalue weighted by atomic mass is 79.9. The molecule has 3 nitrogen and oxygen atoms in total. The van der Waals surface area contributed by atoms with Gasteiger partial charge in [-0.25, -0.2) is 0 Å². The minimum Gasteiger partial charge on any atom is -0.378 e. The SMILES string of the molecule is O=C(CC1CCCO1)NC1(CBr)CCCC1. The third kappa shape index (κ3) is 2.98. The van der Waals surface area contributed by atoms with Crippen molar-refractivity contribution in [3.8, 4) is 0 Å². The van der Waals surface area contributed by atoms with E-state index in [9.17, 15) is 4.79 Å². The van der Waals surface area contributed by atoms with Crippen LogP contribution in [0.5, 0.6) is 0 Å². The molecule has 16 heavy (non-hydrogen) atoms. The molecule has 2 fully saturated rings. The van der Waals surface area contributed by atoms with Crippen molar-refractivity contribution in [1.29, 1.82) is 0 Å². The van der Waals surface area contributed by atoms with Gasteiger partial charge >= 0.3 is 0 Å². The average molecular weight is 290 g/mol. The van der Waals surface area contributed by atoms with Crippen LogP contribution in [0.25, 0.3) is 0 Å². The van der Waals surface area contributed by atoms with Crippen LogP contribution in [-0.2, 0) is 9.53 Å². The molecule has 1 aliphatic heterocycles. The lowest BCUT2D eigenvalue weighted by molar-refractivity contribution is -0.124. The van der Waals surface area contributed by atoms with Crippen LogP contribution in [-0.4, -0.2) is 29.5 Å². The van der Waals surface area contributed by atoms with E-state index in [1.165, 1.54) is 12.8 Å². The van der Waals surface area contributed by atoms with Crippen molar-refractivity contribution in [3.63, 3.8) is 0 Å². The van der Waals surface area contributed by atoms with Crippen molar-refractivity contribution in [1.82, 2.24) is 5.32 Å². The highest BCUT2D eigenvalue weighted by Gasteiger charge is 2.34. The van der Waals surface area contributed by atoms with Gasteiger partial charge in [0, 0.05) is 17.5 Å². The van der Waals surface area contributed by atoms with Crippen molar-refractivity contribution in [2.24, 2.45) is 0 Å². The van der Waals surface area contributed by atoms with E-state index >= 15 is 0 Å². The van der Waals surface area contributed by atoms with Crippen molar-refractivity contribution in [2.75, 3.05) is 11.9 Å². The summed E-state index contributed by atoms with van der Waals surface area (Å²) in [6.07, 6.45) is 7.50. The monoisotopic (exact) mass is 289 g/mol. The smallest absolute Gasteiger partial charge is 0.223 e. The second-order valence-electron chi connectivity index (χ2n) is 5.01. The summed E-state index contributed by atoms with van der Waals surface area (Å²) in [5, 5.41) is 4.08. The van der Waals surface area contributed by atoms with E-state index in [-0.39, 0.29) is 17.6 Å². The van der Waals surface area contributed by atoms with Crippen LogP contribution < -0.4 is 5.32 Å². The Hall–Kier alpha value is -0.0900. The number of ether oxygens (including phenoxy) is 1. The molecule has 0 radical (unpaired) electrons. The van der Waals surface area contributed by atoms with Crippen molar-refractivity contribution in [3.05, 3.63) is 0 Å². The zero-order valence-corrected chi connectivity index (χ0v) is 11.2. The Labute approximate surface area is 105 Å². The molecule has 1 unspecified atom stereocenters. The van der Waals surface area contributed by atoms with Gasteiger partial charge in [0.05, 0.1) is 12.5 Å². The fraction of sp³-hybridized carbons (Fsp3) is 0.917. The second kappa shape index (κ2) is 5.50. The number of amides is 1. The third-order valence-electron chi connectivity index (χ3n) is 3.66. The lowest BCUT2D eigenvalue weighted by atomic mass is 10.00. The van der Waals surface area contributed by atoms with Crippen LogP contribution in [0.4, 0.5) is 0 Å². The Morgan fingerprint density at radius 1 is 1.38 bits per heavy atom. The van der Waals surface area contributed by atoms with Crippen LogP contribution in [0, 0.1) is 0 Å². The average Bonchev–Trinajstić information content (AvgIpc) is 2.90. The van der Waals surface area contributed by atoms with Gasteiger partial charge in [-0.05, 0) is 25.7 Å². The largest absolute Gasteiger partial charge is 0.378 e. The van der Waals surface area contributed by atoms with E-state index in [0.717, 1.165) is 37.6 Å². The molecule has 92 valence electrons. The second-order valence-corrected chi connectivity index (χ2v) is 5.57. The quantitative estimate of drug-likeness (QED) is 0.807. The first kappa shape index (κ1) is 12.4. The molecule has 1 aliphatic carbocycles. The van der Waals surface area contributed by atoms with E-state index in [4.69, 9.17) is 4.74 Å². The van der Waals surface area contributed by atoms with Crippen LogP contribution >= 0.6 is 15.9 Å². The van der Waals surface area contributed by atoms with Gasteiger partial charge in [0.25, 0.3) is 0 Å². The number of nitrogens with one attached hydrogen (secondary N) is 1. The molecule has 2 rings (SSSR count). The van der Waals surface area contributed by atoms with Crippen molar-refractivity contribution in [2.45, 2.75) is 56.6 Å². The molecule has 1 saturated carbocycles. The first-order valence-corrected chi connectivity index (χ1v) is 7.35. The summed E-state index contributed by atoms with van der Waals surface area (Å²) >= 11 is 3.53. The van der Waals surface area contributed by atoms with Crippen LogP contribution in [0.15, 0.2) is 0 Å². The fourth-order valence-corrected chi connectivity index (χ4v) is 3.40.